The number of thioether (sulfide) groups is 2. The number of nitrogens with one attached hydrogen (secondary N) is 1. The maximum absolute atomic E-state index is 11.9. The fraction of sp³-hybridized carbons (Fsp3) is 0.231. The molecule has 3 aromatic heterocycles. The second-order valence-corrected chi connectivity index (χ2v) is 7.67. The standard InChI is InChI=1S/C13H12N6O2S3/c1-2-22-13-19-17-11(24-13)15-9(20)7-23-12-18-16-10(21-12)8-4-3-5-14-6-8/h3-6H,2,7H2,1H3,(H,15,17,20). The molecule has 3 heterocycles. The van der Waals surface area contributed by atoms with Crippen LogP contribution in [-0.2, 0) is 4.79 Å². The molecule has 1 N–H and O–H groups in total. The summed E-state index contributed by atoms with van der Waals surface area (Å²) in [5.74, 6) is 1.22. The summed E-state index contributed by atoms with van der Waals surface area (Å²) < 4.78 is 6.33. The first-order valence-corrected chi connectivity index (χ1v) is 9.66. The van der Waals surface area contributed by atoms with E-state index in [4.69, 9.17) is 4.42 Å². The summed E-state index contributed by atoms with van der Waals surface area (Å²) in [6.07, 6.45) is 3.30. The van der Waals surface area contributed by atoms with Crippen molar-refractivity contribution >= 4 is 45.9 Å². The van der Waals surface area contributed by atoms with Crippen LogP contribution in [0.5, 0.6) is 0 Å². The van der Waals surface area contributed by atoms with Gasteiger partial charge in [-0.15, -0.1) is 20.4 Å². The molecule has 0 aromatic carbocycles. The average molecular weight is 380 g/mol. The Morgan fingerprint density at radius 2 is 2.21 bits per heavy atom. The van der Waals surface area contributed by atoms with Crippen molar-refractivity contribution < 1.29 is 9.21 Å². The van der Waals surface area contributed by atoms with Gasteiger partial charge < -0.3 is 4.42 Å². The molecule has 0 spiro atoms. The van der Waals surface area contributed by atoms with E-state index in [9.17, 15) is 4.79 Å². The maximum atomic E-state index is 11.9. The third-order valence-corrected chi connectivity index (χ3v) is 5.23. The summed E-state index contributed by atoms with van der Waals surface area (Å²) in [5, 5.41) is 19.3. The molecule has 0 bridgehead atoms. The largest absolute Gasteiger partial charge is 0.411 e. The maximum Gasteiger partial charge on any atom is 0.277 e. The molecule has 0 aliphatic carbocycles. The lowest BCUT2D eigenvalue weighted by Gasteiger charge is -1.98. The van der Waals surface area contributed by atoms with Crippen LogP contribution in [-0.4, -0.2) is 42.8 Å². The molecule has 0 unspecified atom stereocenters. The molecule has 0 saturated carbocycles. The number of rotatable bonds is 7. The Morgan fingerprint density at radius 3 is 3.00 bits per heavy atom. The van der Waals surface area contributed by atoms with Crippen LogP contribution in [0.25, 0.3) is 11.5 Å². The molecule has 24 heavy (non-hydrogen) atoms. The zero-order valence-electron chi connectivity index (χ0n) is 12.5. The van der Waals surface area contributed by atoms with Crippen molar-refractivity contribution in [1.29, 1.82) is 0 Å². The van der Waals surface area contributed by atoms with Crippen LogP contribution in [0.15, 0.2) is 38.5 Å². The minimum Gasteiger partial charge on any atom is -0.411 e. The first-order valence-electron chi connectivity index (χ1n) is 6.87. The van der Waals surface area contributed by atoms with E-state index in [2.05, 4.69) is 30.7 Å². The van der Waals surface area contributed by atoms with Gasteiger partial charge in [0.1, 0.15) is 0 Å². The molecule has 0 saturated heterocycles. The zero-order valence-corrected chi connectivity index (χ0v) is 15.0. The van der Waals surface area contributed by atoms with Crippen LogP contribution in [0.4, 0.5) is 5.13 Å². The minimum atomic E-state index is -0.203. The first kappa shape index (κ1) is 16.9. The lowest BCUT2D eigenvalue weighted by atomic mass is 10.3. The van der Waals surface area contributed by atoms with Gasteiger partial charge in [0.2, 0.25) is 16.9 Å². The van der Waals surface area contributed by atoms with Crippen molar-refractivity contribution in [1.82, 2.24) is 25.4 Å². The molecular weight excluding hydrogens is 368 g/mol. The van der Waals surface area contributed by atoms with E-state index >= 15 is 0 Å². The quantitative estimate of drug-likeness (QED) is 0.489. The Kier molecular flexibility index (Phi) is 5.77. The van der Waals surface area contributed by atoms with E-state index in [1.54, 1.807) is 30.2 Å². The second kappa shape index (κ2) is 8.22. The van der Waals surface area contributed by atoms with Gasteiger partial charge in [0.25, 0.3) is 5.22 Å². The minimum absolute atomic E-state index is 0.143. The van der Waals surface area contributed by atoms with Crippen LogP contribution >= 0.6 is 34.9 Å². The molecule has 0 aliphatic heterocycles. The first-order chi connectivity index (χ1) is 11.7. The molecule has 8 nitrogen and oxygen atoms in total. The Balaban J connectivity index is 1.52. The zero-order chi connectivity index (χ0) is 16.8. The van der Waals surface area contributed by atoms with E-state index in [-0.39, 0.29) is 11.7 Å². The van der Waals surface area contributed by atoms with Crippen LogP contribution in [0.2, 0.25) is 0 Å². The van der Waals surface area contributed by atoms with Gasteiger partial charge in [-0.05, 0) is 17.9 Å². The number of nitrogens with zero attached hydrogens (tertiary/aromatic N) is 5. The predicted octanol–water partition coefficient (Wildman–Crippen LogP) is 2.83. The molecule has 0 radical (unpaired) electrons. The molecule has 124 valence electrons. The SMILES string of the molecule is CCSc1nnc(NC(=O)CSc2nnc(-c3cccnc3)o2)s1. The number of anilines is 1. The highest BCUT2D eigenvalue weighted by molar-refractivity contribution is 8.01. The molecule has 0 fully saturated rings. The van der Waals surface area contributed by atoms with Gasteiger partial charge in [-0.1, -0.05) is 41.8 Å². The van der Waals surface area contributed by atoms with Crippen molar-refractivity contribution in [3.8, 4) is 11.5 Å². The molecule has 0 atom stereocenters. The normalized spacial score (nSPS) is 10.7. The number of aromatic nitrogens is 5. The second-order valence-electron chi connectivity index (χ2n) is 4.26. The topological polar surface area (TPSA) is 107 Å². The van der Waals surface area contributed by atoms with Gasteiger partial charge in [0, 0.05) is 12.4 Å². The molecule has 3 rings (SSSR count). The smallest absolute Gasteiger partial charge is 0.277 e. The number of carbonyl (C=O) groups is 1. The van der Waals surface area contributed by atoms with E-state index in [0.29, 0.717) is 16.2 Å². The van der Waals surface area contributed by atoms with Gasteiger partial charge in [-0.2, -0.15) is 0 Å². The van der Waals surface area contributed by atoms with Gasteiger partial charge >= 0.3 is 0 Å². The van der Waals surface area contributed by atoms with Crippen molar-refractivity contribution in [2.45, 2.75) is 16.5 Å². The number of hydrogen-bond donors (Lipinski definition) is 1. The van der Waals surface area contributed by atoms with E-state index in [0.717, 1.165) is 27.4 Å². The third kappa shape index (κ3) is 4.52. The number of amides is 1. The van der Waals surface area contributed by atoms with Crippen LogP contribution in [0.1, 0.15) is 6.92 Å². The van der Waals surface area contributed by atoms with Crippen LogP contribution in [0.3, 0.4) is 0 Å². The predicted molar refractivity (Wildman–Crippen MR) is 93.2 cm³/mol. The third-order valence-electron chi connectivity index (χ3n) is 2.56. The fourth-order valence-electron chi connectivity index (χ4n) is 1.60. The van der Waals surface area contributed by atoms with Crippen LogP contribution < -0.4 is 5.32 Å². The fourth-order valence-corrected chi connectivity index (χ4v) is 3.83. The summed E-state index contributed by atoms with van der Waals surface area (Å²) in [5.41, 5.74) is 0.733. The monoisotopic (exact) mass is 380 g/mol. The van der Waals surface area contributed by atoms with E-state index in [1.807, 2.05) is 13.0 Å². The lowest BCUT2D eigenvalue weighted by molar-refractivity contribution is -0.113. The number of hydrogen-bond acceptors (Lipinski definition) is 10. The summed E-state index contributed by atoms with van der Waals surface area (Å²) in [4.78, 5) is 15.9. The number of pyridine rings is 1. The average Bonchev–Trinajstić information content (AvgIpc) is 3.24. The molecular formula is C13H12N6O2S3. The molecule has 1 amide bonds. The highest BCUT2D eigenvalue weighted by Gasteiger charge is 2.13. The molecule has 3 aromatic rings. The van der Waals surface area contributed by atoms with E-state index < -0.39 is 0 Å². The van der Waals surface area contributed by atoms with Crippen molar-refractivity contribution in [2.24, 2.45) is 0 Å². The van der Waals surface area contributed by atoms with Crippen molar-refractivity contribution in [3.05, 3.63) is 24.5 Å². The Labute approximate surface area is 149 Å². The van der Waals surface area contributed by atoms with E-state index in [1.165, 1.54) is 11.3 Å². The summed E-state index contributed by atoms with van der Waals surface area (Å²) in [7, 11) is 0. The Morgan fingerprint density at radius 1 is 1.29 bits per heavy atom. The molecule has 11 heteroatoms. The van der Waals surface area contributed by atoms with Gasteiger partial charge in [-0.3, -0.25) is 15.1 Å². The summed E-state index contributed by atoms with van der Waals surface area (Å²) >= 11 is 4.09. The highest BCUT2D eigenvalue weighted by Crippen LogP contribution is 2.26. The van der Waals surface area contributed by atoms with Gasteiger partial charge in [0.15, 0.2) is 4.34 Å². The number of carbonyl (C=O) groups excluding carboxylic acids is 1. The van der Waals surface area contributed by atoms with Gasteiger partial charge in [-0.25, -0.2) is 0 Å². The molecule has 0 aliphatic rings. The lowest BCUT2D eigenvalue weighted by Crippen LogP contribution is -2.13. The summed E-state index contributed by atoms with van der Waals surface area (Å²) in [6, 6.07) is 3.61. The Hall–Kier alpha value is -1.98. The van der Waals surface area contributed by atoms with Crippen molar-refractivity contribution in [3.63, 3.8) is 0 Å². The van der Waals surface area contributed by atoms with Gasteiger partial charge in [0.05, 0.1) is 11.3 Å². The van der Waals surface area contributed by atoms with Crippen LogP contribution in [0, 0.1) is 0 Å². The summed E-state index contributed by atoms with van der Waals surface area (Å²) in [6.45, 7) is 2.03. The van der Waals surface area contributed by atoms with Crippen molar-refractivity contribution in [2.75, 3.05) is 16.8 Å². The highest BCUT2D eigenvalue weighted by atomic mass is 32.2. The Bertz CT molecular complexity index is 807.